The van der Waals surface area contributed by atoms with Crippen molar-refractivity contribution in [3.05, 3.63) is 59.3 Å². The molecule has 4 heteroatoms. The van der Waals surface area contributed by atoms with Crippen LogP contribution in [0.25, 0.3) is 0 Å². The van der Waals surface area contributed by atoms with E-state index >= 15 is 0 Å². The highest BCUT2D eigenvalue weighted by molar-refractivity contribution is 5.27. The minimum absolute atomic E-state index is 0.0788. The molecule has 3 N–H and O–H groups in total. The molecule has 4 nitrogen and oxygen atoms in total. The summed E-state index contributed by atoms with van der Waals surface area (Å²) < 4.78 is 5.05. The lowest BCUT2D eigenvalue weighted by atomic mass is 9.99. The van der Waals surface area contributed by atoms with E-state index in [-0.39, 0.29) is 6.04 Å². The Morgan fingerprint density at radius 3 is 2.74 bits per heavy atom. The van der Waals surface area contributed by atoms with E-state index in [2.05, 4.69) is 35.5 Å². The number of rotatable bonds is 5. The Balaban J connectivity index is 2.14. The molecular weight excluding hydrogens is 238 g/mol. The number of ether oxygens (including phenoxy) is 1. The molecule has 1 aromatic carbocycles. The molecular formula is C15H19N3O. The van der Waals surface area contributed by atoms with Crippen LogP contribution in [-0.2, 0) is 6.42 Å². The molecule has 1 unspecified atom stereocenters. The van der Waals surface area contributed by atoms with E-state index in [1.165, 1.54) is 11.1 Å². The molecule has 1 heterocycles. The lowest BCUT2D eigenvalue weighted by Crippen LogP contribution is -2.29. The van der Waals surface area contributed by atoms with E-state index in [0.29, 0.717) is 5.88 Å². The predicted molar refractivity (Wildman–Crippen MR) is 75.7 cm³/mol. The summed E-state index contributed by atoms with van der Waals surface area (Å²) in [4.78, 5) is 4.20. The molecule has 0 saturated carbocycles. The molecule has 1 aromatic heterocycles. The van der Waals surface area contributed by atoms with Crippen LogP contribution in [0.15, 0.2) is 42.6 Å². The van der Waals surface area contributed by atoms with Gasteiger partial charge in [0.1, 0.15) is 0 Å². The number of hydrogen-bond acceptors (Lipinski definition) is 4. The van der Waals surface area contributed by atoms with Crippen LogP contribution in [0.1, 0.15) is 22.7 Å². The van der Waals surface area contributed by atoms with Crippen LogP contribution in [0.2, 0.25) is 0 Å². The number of aromatic nitrogens is 1. The van der Waals surface area contributed by atoms with Crippen molar-refractivity contribution in [1.29, 1.82) is 0 Å². The molecule has 0 aliphatic rings. The highest BCUT2D eigenvalue weighted by Crippen LogP contribution is 2.19. The van der Waals surface area contributed by atoms with Gasteiger partial charge in [-0.3, -0.25) is 11.3 Å². The minimum Gasteiger partial charge on any atom is -0.481 e. The zero-order valence-electron chi connectivity index (χ0n) is 11.3. The van der Waals surface area contributed by atoms with E-state index in [9.17, 15) is 0 Å². The van der Waals surface area contributed by atoms with Gasteiger partial charge in [-0.15, -0.1) is 0 Å². The topological polar surface area (TPSA) is 60.2 Å². The van der Waals surface area contributed by atoms with Crippen LogP contribution in [0.4, 0.5) is 0 Å². The molecule has 2 rings (SSSR count). The van der Waals surface area contributed by atoms with E-state index in [4.69, 9.17) is 10.6 Å². The van der Waals surface area contributed by atoms with Gasteiger partial charge >= 0.3 is 0 Å². The highest BCUT2D eigenvalue weighted by atomic mass is 16.5. The first kappa shape index (κ1) is 13.5. The van der Waals surface area contributed by atoms with Crippen LogP contribution in [0, 0.1) is 6.92 Å². The van der Waals surface area contributed by atoms with E-state index in [0.717, 1.165) is 12.0 Å². The standard InChI is InChI=1S/C15H19N3O/c1-11-4-3-5-13(8-11)14(18-16)9-12-6-7-15(19-2)17-10-12/h3-8,10,14,18H,9,16H2,1-2H3. The first-order valence-corrected chi connectivity index (χ1v) is 6.24. The number of aryl methyl sites for hydroxylation is 1. The number of pyridine rings is 1. The summed E-state index contributed by atoms with van der Waals surface area (Å²) in [6.45, 7) is 2.08. The fourth-order valence-corrected chi connectivity index (χ4v) is 2.05. The summed E-state index contributed by atoms with van der Waals surface area (Å²) in [6.07, 6.45) is 2.61. The maximum atomic E-state index is 5.66. The summed E-state index contributed by atoms with van der Waals surface area (Å²) in [6, 6.07) is 12.3. The molecule has 0 spiro atoms. The van der Waals surface area contributed by atoms with Crippen LogP contribution in [0.5, 0.6) is 5.88 Å². The Labute approximate surface area is 113 Å². The number of nitrogens with zero attached hydrogens (tertiary/aromatic N) is 1. The molecule has 0 aliphatic heterocycles. The van der Waals surface area contributed by atoms with Crippen molar-refractivity contribution < 1.29 is 4.74 Å². The summed E-state index contributed by atoms with van der Waals surface area (Å²) in [5.74, 6) is 6.29. The SMILES string of the molecule is COc1ccc(CC(NN)c2cccc(C)c2)cn1. The second-order valence-corrected chi connectivity index (χ2v) is 4.55. The fraction of sp³-hybridized carbons (Fsp3) is 0.267. The monoisotopic (exact) mass is 257 g/mol. The number of hydrazine groups is 1. The Bertz CT molecular complexity index is 525. The lowest BCUT2D eigenvalue weighted by Gasteiger charge is -2.17. The van der Waals surface area contributed by atoms with Crippen molar-refractivity contribution in [1.82, 2.24) is 10.4 Å². The summed E-state index contributed by atoms with van der Waals surface area (Å²) in [7, 11) is 1.61. The smallest absolute Gasteiger partial charge is 0.212 e. The third-order valence-electron chi connectivity index (χ3n) is 3.09. The first-order valence-electron chi connectivity index (χ1n) is 6.24. The fourth-order valence-electron chi connectivity index (χ4n) is 2.05. The zero-order chi connectivity index (χ0) is 13.7. The van der Waals surface area contributed by atoms with Gasteiger partial charge in [0.2, 0.25) is 5.88 Å². The molecule has 0 radical (unpaired) electrons. The minimum atomic E-state index is 0.0788. The van der Waals surface area contributed by atoms with Crippen molar-refractivity contribution in [3.8, 4) is 5.88 Å². The second-order valence-electron chi connectivity index (χ2n) is 4.55. The van der Waals surface area contributed by atoms with Crippen LogP contribution >= 0.6 is 0 Å². The molecule has 0 aliphatic carbocycles. The lowest BCUT2D eigenvalue weighted by molar-refractivity contribution is 0.397. The van der Waals surface area contributed by atoms with Crippen molar-refractivity contribution in [3.63, 3.8) is 0 Å². The maximum Gasteiger partial charge on any atom is 0.212 e. The molecule has 0 saturated heterocycles. The molecule has 19 heavy (non-hydrogen) atoms. The maximum absolute atomic E-state index is 5.66. The largest absolute Gasteiger partial charge is 0.481 e. The Morgan fingerprint density at radius 2 is 2.16 bits per heavy atom. The van der Waals surface area contributed by atoms with Gasteiger partial charge in [-0.25, -0.2) is 4.98 Å². The van der Waals surface area contributed by atoms with Gasteiger partial charge in [0.05, 0.1) is 13.2 Å². The zero-order valence-corrected chi connectivity index (χ0v) is 11.3. The van der Waals surface area contributed by atoms with Crippen molar-refractivity contribution in [2.75, 3.05) is 7.11 Å². The average Bonchev–Trinajstić information content (AvgIpc) is 2.45. The van der Waals surface area contributed by atoms with Gasteiger partial charge in [0, 0.05) is 12.3 Å². The number of benzene rings is 1. The molecule has 1 atom stereocenters. The second kappa shape index (κ2) is 6.31. The number of nitrogens with one attached hydrogen (secondary N) is 1. The van der Waals surface area contributed by atoms with Gasteiger partial charge in [0.25, 0.3) is 0 Å². The molecule has 100 valence electrons. The number of methoxy groups -OCH3 is 1. The molecule has 0 bridgehead atoms. The predicted octanol–water partition coefficient (Wildman–Crippen LogP) is 2.15. The van der Waals surface area contributed by atoms with Gasteiger partial charge < -0.3 is 4.74 Å². The molecule has 0 amide bonds. The van der Waals surface area contributed by atoms with Crippen molar-refractivity contribution >= 4 is 0 Å². The quantitative estimate of drug-likeness (QED) is 0.636. The van der Waals surface area contributed by atoms with E-state index in [1.54, 1.807) is 7.11 Å². The Morgan fingerprint density at radius 1 is 1.32 bits per heavy atom. The van der Waals surface area contributed by atoms with Crippen LogP contribution < -0.4 is 16.0 Å². The molecule has 0 fully saturated rings. The van der Waals surface area contributed by atoms with E-state index in [1.807, 2.05) is 24.4 Å². The Hall–Kier alpha value is -1.91. The average molecular weight is 257 g/mol. The third-order valence-corrected chi connectivity index (χ3v) is 3.09. The van der Waals surface area contributed by atoms with Crippen LogP contribution in [0.3, 0.4) is 0 Å². The summed E-state index contributed by atoms with van der Waals surface area (Å²) in [5, 5.41) is 0. The number of nitrogens with two attached hydrogens (primary N) is 1. The summed E-state index contributed by atoms with van der Waals surface area (Å²) >= 11 is 0. The van der Waals surface area contributed by atoms with Gasteiger partial charge in [-0.1, -0.05) is 35.9 Å². The van der Waals surface area contributed by atoms with Crippen molar-refractivity contribution in [2.24, 2.45) is 5.84 Å². The summed E-state index contributed by atoms with van der Waals surface area (Å²) in [5.41, 5.74) is 6.39. The van der Waals surface area contributed by atoms with Crippen molar-refractivity contribution in [2.45, 2.75) is 19.4 Å². The molecule has 2 aromatic rings. The number of hydrogen-bond donors (Lipinski definition) is 2. The van der Waals surface area contributed by atoms with Gasteiger partial charge in [-0.05, 0) is 24.5 Å². The normalized spacial score (nSPS) is 12.2. The van der Waals surface area contributed by atoms with Crippen LogP contribution in [-0.4, -0.2) is 12.1 Å². The van der Waals surface area contributed by atoms with Gasteiger partial charge in [0.15, 0.2) is 0 Å². The van der Waals surface area contributed by atoms with E-state index < -0.39 is 0 Å². The highest BCUT2D eigenvalue weighted by Gasteiger charge is 2.11. The third kappa shape index (κ3) is 3.53. The van der Waals surface area contributed by atoms with Gasteiger partial charge in [-0.2, -0.15) is 0 Å². The first-order chi connectivity index (χ1) is 9.22. The Kier molecular flexibility index (Phi) is 4.49.